The summed E-state index contributed by atoms with van der Waals surface area (Å²) in [6.07, 6.45) is 3.15. The molecule has 0 radical (unpaired) electrons. The fraction of sp³-hybridized carbons (Fsp3) is 0.941. The second kappa shape index (κ2) is 7.09. The standard InChI is InChI=1S/C17H32N4/c1-14(2)12-20-7-9-21(10-8-20)16-5-6-17(11-16,13-18)19-15(3)4/h14-16,19H,5-12H2,1-4H3. The molecule has 2 atom stereocenters. The molecule has 1 saturated heterocycles. The molecule has 21 heavy (non-hydrogen) atoms. The first-order chi connectivity index (χ1) is 9.94. The molecule has 1 aliphatic heterocycles. The summed E-state index contributed by atoms with van der Waals surface area (Å²) in [7, 11) is 0. The highest BCUT2D eigenvalue weighted by molar-refractivity contribution is 5.14. The highest BCUT2D eigenvalue weighted by Gasteiger charge is 2.42. The van der Waals surface area contributed by atoms with E-state index in [1.807, 2.05) is 0 Å². The Morgan fingerprint density at radius 3 is 2.38 bits per heavy atom. The summed E-state index contributed by atoms with van der Waals surface area (Å²) in [5.74, 6) is 0.754. The van der Waals surface area contributed by atoms with Crippen LogP contribution < -0.4 is 5.32 Å². The molecule has 2 unspecified atom stereocenters. The molecule has 4 nitrogen and oxygen atoms in total. The number of hydrogen-bond donors (Lipinski definition) is 1. The highest BCUT2D eigenvalue weighted by Crippen LogP contribution is 2.33. The van der Waals surface area contributed by atoms with Gasteiger partial charge in [0.25, 0.3) is 0 Å². The van der Waals surface area contributed by atoms with Crippen molar-refractivity contribution in [1.82, 2.24) is 15.1 Å². The Balaban J connectivity index is 1.84. The summed E-state index contributed by atoms with van der Waals surface area (Å²) < 4.78 is 0. The highest BCUT2D eigenvalue weighted by atomic mass is 15.3. The van der Waals surface area contributed by atoms with E-state index in [1.54, 1.807) is 0 Å². The summed E-state index contributed by atoms with van der Waals surface area (Å²) >= 11 is 0. The average molecular weight is 292 g/mol. The second-order valence-corrected chi connectivity index (χ2v) is 7.62. The van der Waals surface area contributed by atoms with Gasteiger partial charge in [0, 0.05) is 44.8 Å². The van der Waals surface area contributed by atoms with Gasteiger partial charge in [-0.2, -0.15) is 5.26 Å². The second-order valence-electron chi connectivity index (χ2n) is 7.62. The summed E-state index contributed by atoms with van der Waals surface area (Å²) in [6, 6.07) is 3.54. The minimum absolute atomic E-state index is 0.284. The van der Waals surface area contributed by atoms with Crippen LogP contribution in [0.5, 0.6) is 0 Å². The van der Waals surface area contributed by atoms with Crippen LogP contribution in [0.1, 0.15) is 47.0 Å². The molecule has 120 valence electrons. The van der Waals surface area contributed by atoms with Crippen molar-refractivity contribution in [1.29, 1.82) is 5.26 Å². The Kier molecular flexibility index (Phi) is 5.65. The molecule has 1 heterocycles. The average Bonchev–Trinajstić information content (AvgIpc) is 2.83. The van der Waals surface area contributed by atoms with Gasteiger partial charge in [0.1, 0.15) is 5.54 Å². The third kappa shape index (κ3) is 4.42. The molecule has 0 amide bonds. The van der Waals surface area contributed by atoms with E-state index < -0.39 is 0 Å². The Labute approximate surface area is 130 Å². The molecule has 2 aliphatic rings. The fourth-order valence-corrected chi connectivity index (χ4v) is 3.98. The van der Waals surface area contributed by atoms with Crippen molar-refractivity contribution in [3.8, 4) is 6.07 Å². The normalized spacial score (nSPS) is 32.0. The molecule has 1 saturated carbocycles. The van der Waals surface area contributed by atoms with E-state index in [2.05, 4.69) is 48.9 Å². The van der Waals surface area contributed by atoms with E-state index in [0.29, 0.717) is 12.1 Å². The number of hydrogen-bond acceptors (Lipinski definition) is 4. The predicted molar refractivity (Wildman–Crippen MR) is 87.1 cm³/mol. The van der Waals surface area contributed by atoms with Gasteiger partial charge in [0.15, 0.2) is 0 Å². The zero-order valence-corrected chi connectivity index (χ0v) is 14.2. The van der Waals surface area contributed by atoms with Crippen LogP contribution >= 0.6 is 0 Å². The van der Waals surface area contributed by atoms with Gasteiger partial charge in [-0.1, -0.05) is 13.8 Å². The first-order valence-electron chi connectivity index (χ1n) is 8.59. The van der Waals surface area contributed by atoms with Gasteiger partial charge in [-0.25, -0.2) is 0 Å². The van der Waals surface area contributed by atoms with Gasteiger partial charge >= 0.3 is 0 Å². The van der Waals surface area contributed by atoms with Gasteiger partial charge < -0.3 is 4.90 Å². The van der Waals surface area contributed by atoms with Crippen LogP contribution in [0.15, 0.2) is 0 Å². The molecular weight excluding hydrogens is 260 g/mol. The van der Waals surface area contributed by atoms with Crippen LogP contribution in [0.25, 0.3) is 0 Å². The lowest BCUT2D eigenvalue weighted by Gasteiger charge is -2.39. The van der Waals surface area contributed by atoms with Crippen LogP contribution in [-0.4, -0.2) is 60.1 Å². The van der Waals surface area contributed by atoms with Gasteiger partial charge in [0.2, 0.25) is 0 Å². The van der Waals surface area contributed by atoms with E-state index in [0.717, 1.165) is 25.2 Å². The van der Waals surface area contributed by atoms with Crippen LogP contribution in [0.2, 0.25) is 0 Å². The fourth-order valence-electron chi connectivity index (χ4n) is 3.98. The van der Waals surface area contributed by atoms with Crippen molar-refractivity contribution in [2.45, 2.75) is 64.6 Å². The SMILES string of the molecule is CC(C)CN1CCN(C2CCC(C#N)(NC(C)C)C2)CC1. The number of rotatable bonds is 5. The minimum atomic E-state index is -0.284. The lowest BCUT2D eigenvalue weighted by atomic mass is 9.98. The van der Waals surface area contributed by atoms with Gasteiger partial charge in [0.05, 0.1) is 6.07 Å². The third-order valence-corrected chi connectivity index (χ3v) is 4.81. The van der Waals surface area contributed by atoms with E-state index >= 15 is 0 Å². The van der Waals surface area contributed by atoms with Crippen molar-refractivity contribution in [3.63, 3.8) is 0 Å². The molecule has 2 rings (SSSR count). The molecule has 0 bridgehead atoms. The summed E-state index contributed by atoms with van der Waals surface area (Å²) in [4.78, 5) is 5.21. The van der Waals surface area contributed by atoms with E-state index in [1.165, 1.54) is 32.7 Å². The predicted octanol–water partition coefficient (Wildman–Crippen LogP) is 2.07. The van der Waals surface area contributed by atoms with Crippen LogP contribution in [0.3, 0.4) is 0 Å². The number of nitriles is 1. The van der Waals surface area contributed by atoms with Crippen molar-refractivity contribution in [3.05, 3.63) is 0 Å². The lowest BCUT2D eigenvalue weighted by molar-refractivity contribution is 0.0885. The Morgan fingerprint density at radius 1 is 1.19 bits per heavy atom. The first-order valence-corrected chi connectivity index (χ1v) is 8.59. The number of nitrogens with one attached hydrogen (secondary N) is 1. The zero-order chi connectivity index (χ0) is 15.5. The van der Waals surface area contributed by atoms with Crippen molar-refractivity contribution in [2.24, 2.45) is 5.92 Å². The monoisotopic (exact) mass is 292 g/mol. The van der Waals surface area contributed by atoms with E-state index in [9.17, 15) is 5.26 Å². The Bertz CT molecular complexity index is 365. The molecule has 4 heteroatoms. The van der Waals surface area contributed by atoms with Gasteiger partial charge in [-0.3, -0.25) is 10.2 Å². The van der Waals surface area contributed by atoms with Crippen LogP contribution in [0, 0.1) is 17.2 Å². The maximum Gasteiger partial charge on any atom is 0.108 e. The molecule has 0 aromatic heterocycles. The third-order valence-electron chi connectivity index (χ3n) is 4.81. The Morgan fingerprint density at radius 2 is 1.86 bits per heavy atom. The summed E-state index contributed by atoms with van der Waals surface area (Å²) in [5.41, 5.74) is -0.284. The quantitative estimate of drug-likeness (QED) is 0.842. The lowest BCUT2D eigenvalue weighted by Crippen LogP contribution is -2.52. The first kappa shape index (κ1) is 16.7. The van der Waals surface area contributed by atoms with Gasteiger partial charge in [-0.15, -0.1) is 0 Å². The largest absolute Gasteiger partial charge is 0.301 e. The number of piperazine rings is 1. The minimum Gasteiger partial charge on any atom is -0.301 e. The molecule has 0 spiro atoms. The Hall–Kier alpha value is -0.630. The van der Waals surface area contributed by atoms with Crippen molar-refractivity contribution in [2.75, 3.05) is 32.7 Å². The van der Waals surface area contributed by atoms with Crippen LogP contribution in [-0.2, 0) is 0 Å². The molecule has 0 aromatic rings. The maximum atomic E-state index is 9.58. The van der Waals surface area contributed by atoms with Crippen molar-refractivity contribution >= 4 is 0 Å². The molecule has 0 aromatic carbocycles. The topological polar surface area (TPSA) is 42.3 Å². The van der Waals surface area contributed by atoms with Crippen LogP contribution in [0.4, 0.5) is 0 Å². The molecule has 1 aliphatic carbocycles. The zero-order valence-electron chi connectivity index (χ0n) is 14.2. The molecule has 2 fully saturated rings. The molecular formula is C17H32N4. The van der Waals surface area contributed by atoms with E-state index in [4.69, 9.17) is 0 Å². The van der Waals surface area contributed by atoms with E-state index in [-0.39, 0.29) is 5.54 Å². The summed E-state index contributed by atoms with van der Waals surface area (Å²) in [6.45, 7) is 14.8. The smallest absolute Gasteiger partial charge is 0.108 e. The maximum absolute atomic E-state index is 9.58. The van der Waals surface area contributed by atoms with Crippen molar-refractivity contribution < 1.29 is 0 Å². The number of nitrogens with zero attached hydrogens (tertiary/aromatic N) is 3. The summed E-state index contributed by atoms with van der Waals surface area (Å²) in [5, 5.41) is 13.1. The molecule has 1 N–H and O–H groups in total. The van der Waals surface area contributed by atoms with Gasteiger partial charge in [-0.05, 0) is 39.0 Å².